The van der Waals surface area contributed by atoms with Gasteiger partial charge in [0.05, 0.1) is 21.8 Å². The number of fused-ring (bicyclic) bond motifs is 3. The van der Waals surface area contributed by atoms with E-state index in [0.29, 0.717) is 41.3 Å². The van der Waals surface area contributed by atoms with Gasteiger partial charge in [0, 0.05) is 72.3 Å². The van der Waals surface area contributed by atoms with Crippen LogP contribution in [0.2, 0.25) is 0 Å². The van der Waals surface area contributed by atoms with E-state index < -0.39 is 5.82 Å². The number of ether oxygens (including phenoxy) is 1. The SMILES string of the molecule is Cc1cnc(N2CC3(CCOCC3)C2)c(C(=O)Nc2ccc(C(=O)N3CCc4cc(-c5ccccn5)sc4-c4ccc(F)cc43)cc2)c1. The van der Waals surface area contributed by atoms with E-state index >= 15 is 0 Å². The Morgan fingerprint density at radius 3 is 2.56 bits per heavy atom. The minimum Gasteiger partial charge on any atom is -0.381 e. The Morgan fingerprint density at radius 1 is 0.979 bits per heavy atom. The summed E-state index contributed by atoms with van der Waals surface area (Å²) in [5.41, 5.74) is 6.05. The highest BCUT2D eigenvalue weighted by molar-refractivity contribution is 7.19. The van der Waals surface area contributed by atoms with Gasteiger partial charge in [0.15, 0.2) is 0 Å². The van der Waals surface area contributed by atoms with E-state index in [1.54, 1.807) is 59.0 Å². The summed E-state index contributed by atoms with van der Waals surface area (Å²) in [7, 11) is 0. The van der Waals surface area contributed by atoms with Gasteiger partial charge >= 0.3 is 0 Å². The molecule has 2 saturated heterocycles. The Hall–Kier alpha value is -4.93. The van der Waals surface area contributed by atoms with E-state index in [-0.39, 0.29) is 17.2 Å². The van der Waals surface area contributed by atoms with Crippen molar-refractivity contribution in [1.29, 1.82) is 0 Å². The van der Waals surface area contributed by atoms with Gasteiger partial charge in [0.1, 0.15) is 11.6 Å². The lowest BCUT2D eigenvalue weighted by Gasteiger charge is -2.53. The molecule has 1 spiro atoms. The van der Waals surface area contributed by atoms with Gasteiger partial charge in [-0.05, 0) is 104 Å². The molecule has 0 saturated carbocycles. The lowest BCUT2D eigenvalue weighted by Crippen LogP contribution is -2.59. The first-order chi connectivity index (χ1) is 23.4. The molecule has 0 unspecified atom stereocenters. The molecule has 0 radical (unpaired) electrons. The average Bonchev–Trinajstić information content (AvgIpc) is 3.46. The number of anilines is 3. The van der Waals surface area contributed by atoms with Crippen molar-refractivity contribution >= 4 is 40.3 Å². The monoisotopic (exact) mass is 659 g/mol. The molecule has 48 heavy (non-hydrogen) atoms. The molecule has 3 aliphatic heterocycles. The number of benzene rings is 2. The van der Waals surface area contributed by atoms with E-state index in [1.807, 2.05) is 31.2 Å². The van der Waals surface area contributed by atoms with Crippen molar-refractivity contribution in [2.24, 2.45) is 5.41 Å². The number of nitrogens with one attached hydrogen (secondary N) is 1. The topological polar surface area (TPSA) is 87.7 Å². The second-order valence-corrected chi connectivity index (χ2v) is 14.0. The minimum atomic E-state index is -0.402. The van der Waals surface area contributed by atoms with Gasteiger partial charge < -0.3 is 19.9 Å². The lowest BCUT2D eigenvalue weighted by atomic mass is 9.73. The van der Waals surface area contributed by atoms with E-state index in [4.69, 9.17) is 4.74 Å². The third-order valence-corrected chi connectivity index (χ3v) is 10.8. The third kappa shape index (κ3) is 5.65. The van der Waals surface area contributed by atoms with Gasteiger partial charge in [0.25, 0.3) is 11.8 Å². The van der Waals surface area contributed by atoms with Crippen molar-refractivity contribution in [3.05, 3.63) is 113 Å². The summed E-state index contributed by atoms with van der Waals surface area (Å²) < 4.78 is 20.2. The van der Waals surface area contributed by atoms with Gasteiger partial charge in [-0.15, -0.1) is 11.3 Å². The molecule has 8 nitrogen and oxygen atoms in total. The van der Waals surface area contributed by atoms with E-state index in [0.717, 1.165) is 71.3 Å². The molecule has 2 amide bonds. The number of amides is 2. The maximum absolute atomic E-state index is 14.7. The smallest absolute Gasteiger partial charge is 0.259 e. The van der Waals surface area contributed by atoms with Gasteiger partial charge in [-0.2, -0.15) is 0 Å². The Morgan fingerprint density at radius 2 is 1.79 bits per heavy atom. The summed E-state index contributed by atoms with van der Waals surface area (Å²) in [6.45, 7) is 5.62. The fraction of sp³-hybridized carbons (Fsp3) is 0.263. The number of aryl methyl sites for hydroxylation is 1. The highest BCUT2D eigenvalue weighted by atomic mass is 32.1. The minimum absolute atomic E-state index is 0.232. The van der Waals surface area contributed by atoms with E-state index in [2.05, 4.69) is 26.3 Å². The Labute approximate surface area is 282 Å². The number of carbonyl (C=O) groups excluding carboxylic acids is 2. The lowest BCUT2D eigenvalue weighted by molar-refractivity contribution is -0.000510. The number of nitrogens with zero attached hydrogens (tertiary/aromatic N) is 4. The van der Waals surface area contributed by atoms with Crippen LogP contribution in [0, 0.1) is 18.2 Å². The number of carbonyl (C=O) groups is 2. The molecule has 242 valence electrons. The standard InChI is InChI=1S/C38H34FN5O3S/c1-24-18-30(35(41-21-24)43-22-38(23-43)12-16-47-17-13-38)36(45)42-28-8-5-25(6-9-28)37(46)44-15-11-26-19-33(31-4-2-3-14-40-31)48-34(26)29-10-7-27(39)20-32(29)44/h2-10,14,18-21H,11-13,15-17,22-23H2,1H3,(H,42,45). The zero-order valence-corrected chi connectivity index (χ0v) is 27.4. The molecule has 6 heterocycles. The predicted octanol–water partition coefficient (Wildman–Crippen LogP) is 7.39. The highest BCUT2D eigenvalue weighted by Gasteiger charge is 2.45. The van der Waals surface area contributed by atoms with Crippen LogP contribution >= 0.6 is 11.3 Å². The van der Waals surface area contributed by atoms with Crippen LogP contribution in [0.4, 0.5) is 21.6 Å². The first-order valence-corrected chi connectivity index (χ1v) is 17.0. The predicted molar refractivity (Wildman–Crippen MR) is 186 cm³/mol. The van der Waals surface area contributed by atoms with Gasteiger partial charge in [-0.1, -0.05) is 6.07 Å². The van der Waals surface area contributed by atoms with Crippen LogP contribution < -0.4 is 15.1 Å². The number of halogens is 1. The number of rotatable bonds is 5. The molecule has 0 bridgehead atoms. The molecular weight excluding hydrogens is 626 g/mol. The van der Waals surface area contributed by atoms with Gasteiger partial charge in [0.2, 0.25) is 0 Å². The van der Waals surface area contributed by atoms with Crippen molar-refractivity contribution in [2.45, 2.75) is 26.2 Å². The fourth-order valence-corrected chi connectivity index (χ4v) is 8.25. The largest absolute Gasteiger partial charge is 0.381 e. The van der Waals surface area contributed by atoms with Crippen molar-refractivity contribution in [2.75, 3.05) is 48.0 Å². The van der Waals surface area contributed by atoms with Crippen LogP contribution in [-0.2, 0) is 11.2 Å². The molecule has 0 aliphatic carbocycles. The third-order valence-electron chi connectivity index (χ3n) is 9.61. The van der Waals surface area contributed by atoms with Crippen LogP contribution in [0.15, 0.2) is 85.2 Å². The molecule has 3 aromatic heterocycles. The number of pyridine rings is 2. The Kier molecular flexibility index (Phi) is 7.77. The summed E-state index contributed by atoms with van der Waals surface area (Å²) in [5.74, 6) is -0.193. The Bertz CT molecular complexity index is 2020. The van der Waals surface area contributed by atoms with Gasteiger partial charge in [-0.3, -0.25) is 14.6 Å². The highest BCUT2D eigenvalue weighted by Crippen LogP contribution is 2.45. The fourth-order valence-electron chi connectivity index (χ4n) is 7.03. The normalized spacial score (nSPS) is 16.5. The molecule has 3 aliphatic rings. The molecule has 10 heteroatoms. The number of thiophene rings is 1. The van der Waals surface area contributed by atoms with Crippen LogP contribution in [0.3, 0.4) is 0 Å². The average molecular weight is 660 g/mol. The summed E-state index contributed by atoms with van der Waals surface area (Å²) in [5, 5.41) is 3.00. The first kappa shape index (κ1) is 30.4. The number of hydrogen-bond donors (Lipinski definition) is 1. The van der Waals surface area contributed by atoms with Crippen LogP contribution in [-0.4, -0.2) is 54.6 Å². The zero-order chi connectivity index (χ0) is 32.8. The van der Waals surface area contributed by atoms with E-state index in [1.165, 1.54) is 12.1 Å². The zero-order valence-electron chi connectivity index (χ0n) is 26.5. The molecule has 0 atom stereocenters. The maximum Gasteiger partial charge on any atom is 0.259 e. The van der Waals surface area contributed by atoms with Crippen LogP contribution in [0.25, 0.3) is 21.0 Å². The second kappa shape index (κ2) is 12.3. The van der Waals surface area contributed by atoms with Crippen molar-refractivity contribution in [3.8, 4) is 21.0 Å². The van der Waals surface area contributed by atoms with Crippen molar-refractivity contribution < 1.29 is 18.7 Å². The number of hydrogen-bond acceptors (Lipinski definition) is 7. The molecule has 2 fully saturated rings. The van der Waals surface area contributed by atoms with E-state index in [9.17, 15) is 14.0 Å². The number of aromatic nitrogens is 2. The first-order valence-electron chi connectivity index (χ1n) is 16.2. The Balaban J connectivity index is 1.01. The second-order valence-electron chi connectivity index (χ2n) is 12.9. The van der Waals surface area contributed by atoms with Crippen molar-refractivity contribution in [1.82, 2.24) is 9.97 Å². The maximum atomic E-state index is 14.7. The summed E-state index contributed by atoms with van der Waals surface area (Å²) >= 11 is 1.60. The molecule has 2 aromatic carbocycles. The quantitative estimate of drug-likeness (QED) is 0.212. The summed E-state index contributed by atoms with van der Waals surface area (Å²) in [6.07, 6.45) is 6.25. The molecule has 1 N–H and O–H groups in total. The van der Waals surface area contributed by atoms with Crippen LogP contribution in [0.1, 0.15) is 44.7 Å². The summed E-state index contributed by atoms with van der Waals surface area (Å²) in [6, 6.07) is 21.3. The van der Waals surface area contributed by atoms with Gasteiger partial charge in [-0.25, -0.2) is 9.37 Å². The summed E-state index contributed by atoms with van der Waals surface area (Å²) in [4.78, 5) is 42.6. The van der Waals surface area contributed by atoms with Crippen molar-refractivity contribution in [3.63, 3.8) is 0 Å². The molecule has 8 rings (SSSR count). The van der Waals surface area contributed by atoms with Crippen LogP contribution in [0.5, 0.6) is 0 Å². The molecular formula is C38H34FN5O3S. The molecule has 5 aromatic rings.